The van der Waals surface area contributed by atoms with Gasteiger partial charge in [-0.1, -0.05) is 12.1 Å². The van der Waals surface area contributed by atoms with E-state index in [-0.39, 0.29) is 0 Å². The minimum absolute atomic E-state index is 0.425. The van der Waals surface area contributed by atoms with Crippen LogP contribution in [0.5, 0.6) is 5.75 Å². The van der Waals surface area contributed by atoms with Gasteiger partial charge in [-0.05, 0) is 17.7 Å². The Labute approximate surface area is 87.5 Å². The molecule has 0 spiro atoms. The quantitative estimate of drug-likeness (QED) is 0.782. The second-order valence-corrected chi connectivity index (χ2v) is 3.19. The number of rotatable bonds is 2. The Morgan fingerprint density at radius 1 is 1.12 bits per heavy atom. The third-order valence-electron chi connectivity index (χ3n) is 2.00. The summed E-state index contributed by atoms with van der Waals surface area (Å²) in [4.78, 5) is 0. The van der Waals surface area contributed by atoms with E-state index < -0.39 is 29.5 Å². The van der Waals surface area contributed by atoms with E-state index in [1.54, 1.807) is 0 Å². The first-order valence-corrected chi connectivity index (χ1v) is 4.15. The van der Waals surface area contributed by atoms with E-state index in [0.29, 0.717) is 0 Å². The summed E-state index contributed by atoms with van der Waals surface area (Å²) < 4.78 is 61.6. The minimum Gasteiger partial charge on any atom is -0.508 e. The smallest absolute Gasteiger partial charge is 0.455 e. The highest BCUT2D eigenvalue weighted by Gasteiger charge is 2.61. The van der Waals surface area contributed by atoms with Crippen LogP contribution >= 0.6 is 0 Å². The molecule has 0 aliphatic carbocycles. The molecule has 0 bridgehead atoms. The van der Waals surface area contributed by atoms with Gasteiger partial charge in [0.1, 0.15) is 11.8 Å². The van der Waals surface area contributed by atoms with Crippen LogP contribution in [0.2, 0.25) is 0 Å². The van der Waals surface area contributed by atoms with Crippen molar-refractivity contribution in [2.24, 2.45) is 5.73 Å². The van der Waals surface area contributed by atoms with E-state index in [0.717, 1.165) is 24.3 Å². The van der Waals surface area contributed by atoms with Crippen molar-refractivity contribution in [1.82, 2.24) is 0 Å². The van der Waals surface area contributed by atoms with Gasteiger partial charge in [-0.2, -0.15) is 22.0 Å². The fraction of sp³-hybridized carbons (Fsp3) is 0.333. The average Bonchev–Trinajstić information content (AvgIpc) is 2.14. The molecule has 0 saturated heterocycles. The molecule has 0 heterocycles. The largest absolute Gasteiger partial charge is 0.508 e. The predicted molar refractivity (Wildman–Crippen MR) is 46.0 cm³/mol. The maximum atomic E-state index is 12.8. The lowest BCUT2D eigenvalue weighted by atomic mass is 10.0. The van der Waals surface area contributed by atoms with E-state index >= 15 is 0 Å². The van der Waals surface area contributed by atoms with Gasteiger partial charge in [0.15, 0.2) is 0 Å². The van der Waals surface area contributed by atoms with Gasteiger partial charge in [-0.3, -0.25) is 0 Å². The van der Waals surface area contributed by atoms with Crippen LogP contribution < -0.4 is 5.73 Å². The second-order valence-electron chi connectivity index (χ2n) is 3.19. The third kappa shape index (κ3) is 2.24. The molecule has 7 heteroatoms. The van der Waals surface area contributed by atoms with Crippen molar-refractivity contribution in [3.8, 4) is 5.75 Å². The van der Waals surface area contributed by atoms with E-state index in [9.17, 15) is 22.0 Å². The Bertz CT molecular complexity index is 376. The standard InChI is InChI=1S/C9H8F5NO/c10-8(11,9(12,13)14)7(15)5-2-1-3-6(16)4-5/h1-4,7,16H,15H2/t7-/m0/s1. The van der Waals surface area contributed by atoms with Crippen molar-refractivity contribution in [3.05, 3.63) is 29.8 Å². The Kier molecular flexibility index (Phi) is 3.09. The van der Waals surface area contributed by atoms with E-state index in [4.69, 9.17) is 10.8 Å². The zero-order valence-corrected chi connectivity index (χ0v) is 7.80. The van der Waals surface area contributed by atoms with Gasteiger partial charge in [-0.15, -0.1) is 0 Å². The van der Waals surface area contributed by atoms with Gasteiger partial charge in [-0.25, -0.2) is 0 Å². The lowest BCUT2D eigenvalue weighted by molar-refractivity contribution is -0.291. The summed E-state index contributed by atoms with van der Waals surface area (Å²) in [6.45, 7) is 0. The molecule has 0 fully saturated rings. The summed E-state index contributed by atoms with van der Waals surface area (Å²) in [6.07, 6.45) is -5.72. The first-order valence-electron chi connectivity index (χ1n) is 4.15. The molecule has 0 amide bonds. The van der Waals surface area contributed by atoms with Gasteiger partial charge in [0.05, 0.1) is 0 Å². The molecule has 1 rings (SSSR count). The van der Waals surface area contributed by atoms with E-state index in [1.165, 1.54) is 0 Å². The molecule has 0 aromatic heterocycles. The number of nitrogens with two attached hydrogens (primary N) is 1. The number of phenols is 1. The second kappa shape index (κ2) is 3.89. The maximum Gasteiger partial charge on any atom is 0.455 e. The van der Waals surface area contributed by atoms with Crippen LogP contribution in [0, 0.1) is 0 Å². The molecule has 1 atom stereocenters. The summed E-state index contributed by atoms with van der Waals surface area (Å²) in [5.74, 6) is -5.47. The molecule has 0 aliphatic heterocycles. The monoisotopic (exact) mass is 241 g/mol. The maximum absolute atomic E-state index is 12.8. The Morgan fingerprint density at radius 3 is 2.12 bits per heavy atom. The number of benzene rings is 1. The SMILES string of the molecule is N[C@@H](c1cccc(O)c1)C(F)(F)C(F)(F)F. The van der Waals surface area contributed by atoms with Crippen LogP contribution in [0.4, 0.5) is 22.0 Å². The van der Waals surface area contributed by atoms with Gasteiger partial charge in [0, 0.05) is 0 Å². The normalized spacial score (nSPS) is 14.9. The summed E-state index contributed by atoms with van der Waals surface area (Å²) in [5, 5.41) is 8.95. The number of alkyl halides is 5. The van der Waals surface area contributed by atoms with Crippen molar-refractivity contribution in [2.45, 2.75) is 18.1 Å². The lowest BCUT2D eigenvalue weighted by Crippen LogP contribution is -2.45. The summed E-state index contributed by atoms with van der Waals surface area (Å²) in [6, 6.07) is 1.49. The van der Waals surface area contributed by atoms with Crippen molar-refractivity contribution in [2.75, 3.05) is 0 Å². The summed E-state index contributed by atoms with van der Waals surface area (Å²) in [7, 11) is 0. The molecule has 0 unspecified atom stereocenters. The van der Waals surface area contributed by atoms with Gasteiger partial charge in [0.25, 0.3) is 0 Å². The molecule has 2 nitrogen and oxygen atoms in total. The fourth-order valence-electron chi connectivity index (χ4n) is 1.10. The number of halogens is 5. The van der Waals surface area contributed by atoms with Crippen LogP contribution in [-0.2, 0) is 0 Å². The molecule has 0 aliphatic rings. The molecule has 1 aromatic carbocycles. The third-order valence-corrected chi connectivity index (χ3v) is 2.00. The summed E-state index contributed by atoms with van der Waals surface area (Å²) >= 11 is 0. The van der Waals surface area contributed by atoms with Crippen molar-refractivity contribution < 1.29 is 27.1 Å². The van der Waals surface area contributed by atoms with Crippen LogP contribution in [-0.4, -0.2) is 17.2 Å². The predicted octanol–water partition coefficient (Wildman–Crippen LogP) is 2.59. The number of hydrogen-bond acceptors (Lipinski definition) is 2. The molecule has 90 valence electrons. The first-order chi connectivity index (χ1) is 7.16. The highest BCUT2D eigenvalue weighted by Crippen LogP contribution is 2.43. The Balaban J connectivity index is 3.07. The summed E-state index contributed by atoms with van der Waals surface area (Å²) in [5.41, 5.74) is 4.36. The molecular weight excluding hydrogens is 233 g/mol. The highest BCUT2D eigenvalue weighted by molar-refractivity contribution is 5.30. The molecule has 16 heavy (non-hydrogen) atoms. The van der Waals surface area contributed by atoms with Crippen LogP contribution in [0.15, 0.2) is 24.3 Å². The first kappa shape index (κ1) is 12.7. The van der Waals surface area contributed by atoms with Crippen molar-refractivity contribution >= 4 is 0 Å². The average molecular weight is 241 g/mol. The Morgan fingerprint density at radius 2 is 1.69 bits per heavy atom. The molecule has 0 saturated carbocycles. The molecule has 3 N–H and O–H groups in total. The van der Waals surface area contributed by atoms with E-state index in [2.05, 4.69) is 0 Å². The van der Waals surface area contributed by atoms with Gasteiger partial charge >= 0.3 is 12.1 Å². The zero-order chi connectivity index (χ0) is 12.6. The van der Waals surface area contributed by atoms with Gasteiger partial charge in [0.2, 0.25) is 0 Å². The van der Waals surface area contributed by atoms with Crippen LogP contribution in [0.3, 0.4) is 0 Å². The van der Waals surface area contributed by atoms with Crippen molar-refractivity contribution in [1.29, 1.82) is 0 Å². The van der Waals surface area contributed by atoms with Crippen molar-refractivity contribution in [3.63, 3.8) is 0 Å². The highest BCUT2D eigenvalue weighted by atomic mass is 19.4. The molecular formula is C9H8F5NO. The Hall–Kier alpha value is -1.37. The van der Waals surface area contributed by atoms with Crippen LogP contribution in [0.25, 0.3) is 0 Å². The van der Waals surface area contributed by atoms with Crippen LogP contribution in [0.1, 0.15) is 11.6 Å². The molecule has 1 aromatic rings. The zero-order valence-electron chi connectivity index (χ0n) is 7.80. The number of phenolic OH excluding ortho intramolecular Hbond substituents is 1. The minimum atomic E-state index is -5.72. The molecule has 0 radical (unpaired) electrons. The number of hydrogen-bond donors (Lipinski definition) is 2. The number of aromatic hydroxyl groups is 1. The topological polar surface area (TPSA) is 46.2 Å². The van der Waals surface area contributed by atoms with E-state index in [1.807, 2.05) is 0 Å². The lowest BCUT2D eigenvalue weighted by Gasteiger charge is -2.25. The van der Waals surface area contributed by atoms with Gasteiger partial charge < -0.3 is 10.8 Å². The fourth-order valence-corrected chi connectivity index (χ4v) is 1.10.